The fourth-order valence-corrected chi connectivity index (χ4v) is 3.37. The molecule has 0 fully saturated rings. The fourth-order valence-electron chi connectivity index (χ4n) is 2.65. The van der Waals surface area contributed by atoms with Crippen molar-refractivity contribution in [1.29, 1.82) is 0 Å². The van der Waals surface area contributed by atoms with Gasteiger partial charge in [0.1, 0.15) is 5.52 Å². The second-order valence-electron chi connectivity index (χ2n) is 7.19. The topological polar surface area (TPSA) is 56.7 Å². The summed E-state index contributed by atoms with van der Waals surface area (Å²) in [5.41, 5.74) is 5.01. The third-order valence-electron chi connectivity index (χ3n) is 4.16. The minimum atomic E-state index is 0.141. The van der Waals surface area contributed by atoms with Crippen LogP contribution in [0.5, 0.6) is 0 Å². The maximum Gasteiger partial charge on any atom is 0.257 e. The Morgan fingerprint density at radius 2 is 1.81 bits per heavy atom. The highest BCUT2D eigenvalue weighted by Gasteiger charge is 2.13. The molecule has 2 aromatic heterocycles. The molecular weight excluding hydrogens is 344 g/mol. The van der Waals surface area contributed by atoms with E-state index in [1.54, 1.807) is 4.68 Å². The Kier molecular flexibility index (Phi) is 4.28. The summed E-state index contributed by atoms with van der Waals surface area (Å²) < 4.78 is 7.52. The molecule has 0 aliphatic heterocycles. The first-order valence-corrected chi connectivity index (χ1v) is 9.48. The molecule has 0 N–H and O–H groups in total. The lowest BCUT2D eigenvalue weighted by molar-refractivity contribution is 0.489. The van der Waals surface area contributed by atoms with Crippen LogP contribution in [-0.4, -0.2) is 20.0 Å². The standard InChI is InChI=1S/C20H20N4OS/c1-20(2,3)14-8-10-16(11-9-14)24-12-15(22-23-24)13-26-19-21-17-6-4-5-7-18(17)25-19/h4-12H,13H2,1-3H3. The molecule has 132 valence electrons. The zero-order valence-electron chi connectivity index (χ0n) is 15.0. The Hall–Kier alpha value is -2.60. The van der Waals surface area contributed by atoms with Crippen molar-refractivity contribution in [3.05, 3.63) is 66.0 Å². The number of para-hydroxylation sites is 2. The second kappa shape index (κ2) is 6.61. The van der Waals surface area contributed by atoms with E-state index in [1.165, 1.54) is 17.3 Å². The van der Waals surface area contributed by atoms with Crippen molar-refractivity contribution in [2.75, 3.05) is 0 Å². The van der Waals surface area contributed by atoms with Gasteiger partial charge < -0.3 is 4.42 Å². The predicted octanol–water partition coefficient (Wildman–Crippen LogP) is 5.00. The van der Waals surface area contributed by atoms with Gasteiger partial charge in [0.25, 0.3) is 5.22 Å². The van der Waals surface area contributed by atoms with Crippen molar-refractivity contribution in [2.24, 2.45) is 0 Å². The maximum absolute atomic E-state index is 5.72. The van der Waals surface area contributed by atoms with E-state index in [0.717, 1.165) is 22.5 Å². The Morgan fingerprint density at radius 3 is 2.54 bits per heavy atom. The van der Waals surface area contributed by atoms with E-state index in [1.807, 2.05) is 30.5 Å². The van der Waals surface area contributed by atoms with E-state index < -0.39 is 0 Å². The molecule has 0 spiro atoms. The number of oxazole rings is 1. The smallest absolute Gasteiger partial charge is 0.257 e. The van der Waals surface area contributed by atoms with Gasteiger partial charge in [-0.2, -0.15) is 0 Å². The van der Waals surface area contributed by atoms with Crippen molar-refractivity contribution in [1.82, 2.24) is 20.0 Å². The minimum absolute atomic E-state index is 0.141. The van der Waals surface area contributed by atoms with Gasteiger partial charge in [0.15, 0.2) is 5.58 Å². The first-order valence-electron chi connectivity index (χ1n) is 8.49. The average Bonchev–Trinajstić information content (AvgIpc) is 3.26. The average molecular weight is 364 g/mol. The molecule has 2 heterocycles. The summed E-state index contributed by atoms with van der Waals surface area (Å²) in [5, 5.41) is 9.14. The van der Waals surface area contributed by atoms with Gasteiger partial charge >= 0.3 is 0 Å². The number of rotatable bonds is 4. The van der Waals surface area contributed by atoms with Crippen LogP contribution < -0.4 is 0 Å². The molecular formula is C20H20N4OS. The summed E-state index contributed by atoms with van der Waals surface area (Å²) in [6.45, 7) is 6.62. The van der Waals surface area contributed by atoms with Crippen LogP contribution in [0, 0.1) is 0 Å². The van der Waals surface area contributed by atoms with Crippen LogP contribution in [0.1, 0.15) is 32.0 Å². The van der Waals surface area contributed by atoms with Gasteiger partial charge in [-0.25, -0.2) is 9.67 Å². The highest BCUT2D eigenvalue weighted by atomic mass is 32.2. The molecule has 5 nitrogen and oxygen atoms in total. The van der Waals surface area contributed by atoms with Crippen molar-refractivity contribution < 1.29 is 4.42 Å². The van der Waals surface area contributed by atoms with E-state index in [-0.39, 0.29) is 5.41 Å². The van der Waals surface area contributed by atoms with Gasteiger partial charge in [0.2, 0.25) is 0 Å². The molecule has 0 unspecified atom stereocenters. The summed E-state index contributed by atoms with van der Waals surface area (Å²) in [5.74, 6) is 0.660. The van der Waals surface area contributed by atoms with Crippen LogP contribution in [0.15, 0.2) is 64.4 Å². The van der Waals surface area contributed by atoms with Crippen molar-refractivity contribution in [2.45, 2.75) is 37.2 Å². The number of benzene rings is 2. The summed E-state index contributed by atoms with van der Waals surface area (Å²) in [6.07, 6.45) is 1.95. The third-order valence-corrected chi connectivity index (χ3v) is 5.02. The quantitative estimate of drug-likeness (QED) is 0.477. The summed E-state index contributed by atoms with van der Waals surface area (Å²) in [4.78, 5) is 4.47. The summed E-state index contributed by atoms with van der Waals surface area (Å²) in [7, 11) is 0. The van der Waals surface area contributed by atoms with Crippen LogP contribution in [0.25, 0.3) is 16.8 Å². The first kappa shape index (κ1) is 16.8. The SMILES string of the molecule is CC(C)(C)c1ccc(-n2cc(CSc3nc4ccccc4o3)nn2)cc1. The molecule has 0 atom stereocenters. The molecule has 0 saturated heterocycles. The second-order valence-corrected chi connectivity index (χ2v) is 8.11. The lowest BCUT2D eigenvalue weighted by Crippen LogP contribution is -2.10. The number of hydrogen-bond acceptors (Lipinski definition) is 5. The summed E-state index contributed by atoms with van der Waals surface area (Å²) >= 11 is 1.52. The number of hydrogen-bond donors (Lipinski definition) is 0. The van der Waals surface area contributed by atoms with Crippen LogP contribution in [0.4, 0.5) is 0 Å². The van der Waals surface area contributed by atoms with E-state index >= 15 is 0 Å². The van der Waals surface area contributed by atoms with Gasteiger partial charge in [-0.15, -0.1) is 5.10 Å². The van der Waals surface area contributed by atoms with Crippen LogP contribution >= 0.6 is 11.8 Å². The number of fused-ring (bicyclic) bond motifs is 1. The molecule has 0 radical (unpaired) electrons. The number of nitrogens with zero attached hydrogens (tertiary/aromatic N) is 4. The monoisotopic (exact) mass is 364 g/mol. The highest BCUT2D eigenvalue weighted by molar-refractivity contribution is 7.98. The van der Waals surface area contributed by atoms with Gasteiger partial charge in [0.05, 0.1) is 17.6 Å². The largest absolute Gasteiger partial charge is 0.431 e. The van der Waals surface area contributed by atoms with Crippen LogP contribution in [0.2, 0.25) is 0 Å². The molecule has 0 amide bonds. The van der Waals surface area contributed by atoms with Crippen LogP contribution in [-0.2, 0) is 11.2 Å². The fraction of sp³-hybridized carbons (Fsp3) is 0.250. The Labute approximate surface area is 156 Å². The van der Waals surface area contributed by atoms with Gasteiger partial charge in [-0.1, -0.05) is 62.0 Å². The predicted molar refractivity (Wildman–Crippen MR) is 104 cm³/mol. The molecule has 0 aliphatic carbocycles. The first-order chi connectivity index (χ1) is 12.5. The van der Waals surface area contributed by atoms with Crippen molar-refractivity contribution >= 4 is 22.9 Å². The summed E-state index contributed by atoms with van der Waals surface area (Å²) in [6, 6.07) is 16.2. The molecule has 6 heteroatoms. The normalized spacial score (nSPS) is 12.0. The lowest BCUT2D eigenvalue weighted by Gasteiger charge is -2.18. The molecule has 2 aromatic carbocycles. The van der Waals surface area contributed by atoms with Crippen molar-refractivity contribution in [3.8, 4) is 5.69 Å². The molecule has 0 aliphatic rings. The van der Waals surface area contributed by atoms with Gasteiger partial charge in [-0.3, -0.25) is 0 Å². The Morgan fingerprint density at radius 1 is 1.04 bits per heavy atom. The maximum atomic E-state index is 5.72. The van der Waals surface area contributed by atoms with Crippen molar-refractivity contribution in [3.63, 3.8) is 0 Å². The Bertz CT molecular complexity index is 995. The molecule has 0 saturated carbocycles. The Balaban J connectivity index is 1.46. The zero-order valence-corrected chi connectivity index (χ0v) is 15.8. The van der Waals surface area contributed by atoms with E-state index in [4.69, 9.17) is 4.42 Å². The molecule has 4 aromatic rings. The van der Waals surface area contributed by atoms with Gasteiger partial charge in [-0.05, 0) is 35.2 Å². The minimum Gasteiger partial charge on any atom is -0.431 e. The van der Waals surface area contributed by atoms with E-state index in [9.17, 15) is 0 Å². The molecule has 26 heavy (non-hydrogen) atoms. The van der Waals surface area contributed by atoms with Gasteiger partial charge in [0, 0.05) is 5.75 Å². The molecule has 0 bridgehead atoms. The lowest BCUT2D eigenvalue weighted by atomic mass is 9.87. The zero-order chi connectivity index (χ0) is 18.1. The highest BCUT2D eigenvalue weighted by Crippen LogP contribution is 2.26. The van der Waals surface area contributed by atoms with E-state index in [2.05, 4.69) is 60.3 Å². The molecule has 4 rings (SSSR count). The van der Waals surface area contributed by atoms with E-state index in [0.29, 0.717) is 11.0 Å². The van der Waals surface area contributed by atoms with Crippen LogP contribution in [0.3, 0.4) is 0 Å². The number of aromatic nitrogens is 4. The third kappa shape index (κ3) is 3.51. The number of thioether (sulfide) groups is 1.